The Morgan fingerprint density at radius 1 is 1.12 bits per heavy atom. The van der Waals surface area contributed by atoms with Gasteiger partial charge in [0.05, 0.1) is 5.92 Å². The minimum Gasteiger partial charge on any atom is -0.325 e. The third-order valence-corrected chi connectivity index (χ3v) is 5.13. The predicted molar refractivity (Wildman–Crippen MR) is 106 cm³/mol. The van der Waals surface area contributed by atoms with E-state index in [2.05, 4.69) is 19.2 Å². The molecule has 2 aromatic rings. The number of aryl methyl sites for hydroxylation is 2. The van der Waals surface area contributed by atoms with Crippen LogP contribution in [0.25, 0.3) is 0 Å². The summed E-state index contributed by atoms with van der Waals surface area (Å²) in [7, 11) is 0. The number of hydrogen-bond donors (Lipinski definition) is 1. The molecule has 1 N–H and O–H groups in total. The largest absolute Gasteiger partial charge is 0.325 e. The topological polar surface area (TPSA) is 49.4 Å². The van der Waals surface area contributed by atoms with E-state index >= 15 is 0 Å². The Kier molecular flexibility index (Phi) is 5.62. The van der Waals surface area contributed by atoms with Crippen LogP contribution in [-0.2, 0) is 22.4 Å². The first-order valence-electron chi connectivity index (χ1n) is 9.01. The number of nitrogens with one attached hydrogen (secondary N) is 1. The minimum absolute atomic E-state index is 0.0352. The van der Waals surface area contributed by atoms with Gasteiger partial charge < -0.3 is 10.2 Å². The van der Waals surface area contributed by atoms with Crippen molar-refractivity contribution in [3.05, 3.63) is 58.6 Å². The van der Waals surface area contributed by atoms with E-state index in [1.54, 1.807) is 17.0 Å². The van der Waals surface area contributed by atoms with E-state index in [1.807, 2.05) is 30.3 Å². The van der Waals surface area contributed by atoms with Crippen LogP contribution in [0.15, 0.2) is 42.5 Å². The van der Waals surface area contributed by atoms with Crippen molar-refractivity contribution in [1.29, 1.82) is 0 Å². The highest BCUT2D eigenvalue weighted by molar-refractivity contribution is 6.30. The molecule has 1 aliphatic rings. The van der Waals surface area contributed by atoms with Crippen LogP contribution >= 0.6 is 11.6 Å². The van der Waals surface area contributed by atoms with E-state index in [0.717, 1.165) is 35.3 Å². The number of carbonyl (C=O) groups excluding carboxylic acids is 2. The number of halogens is 1. The van der Waals surface area contributed by atoms with Gasteiger partial charge in [0.2, 0.25) is 11.8 Å². The first kappa shape index (κ1) is 18.5. The van der Waals surface area contributed by atoms with Crippen molar-refractivity contribution in [3.8, 4) is 0 Å². The molecule has 136 valence electrons. The molecule has 5 heteroatoms. The van der Waals surface area contributed by atoms with Crippen LogP contribution in [0.2, 0.25) is 5.02 Å². The summed E-state index contributed by atoms with van der Waals surface area (Å²) >= 11 is 5.91. The van der Waals surface area contributed by atoms with Crippen LogP contribution in [0.1, 0.15) is 31.4 Å². The van der Waals surface area contributed by atoms with Crippen LogP contribution in [0, 0.1) is 5.92 Å². The molecule has 0 aromatic heterocycles. The first-order valence-corrected chi connectivity index (χ1v) is 9.38. The van der Waals surface area contributed by atoms with Crippen LogP contribution in [0.4, 0.5) is 11.4 Å². The van der Waals surface area contributed by atoms with Gasteiger partial charge in [-0.15, -0.1) is 0 Å². The summed E-state index contributed by atoms with van der Waals surface area (Å²) in [5, 5.41) is 3.71. The number of rotatable bonds is 5. The molecule has 2 aromatic carbocycles. The molecule has 1 saturated heterocycles. The Morgan fingerprint density at radius 2 is 1.73 bits per heavy atom. The zero-order chi connectivity index (χ0) is 18.7. The van der Waals surface area contributed by atoms with Crippen molar-refractivity contribution in [1.82, 2.24) is 0 Å². The van der Waals surface area contributed by atoms with Crippen molar-refractivity contribution < 1.29 is 9.59 Å². The number of para-hydroxylation sites is 1. The smallest absolute Gasteiger partial charge is 0.229 e. The van der Waals surface area contributed by atoms with Gasteiger partial charge in [-0.25, -0.2) is 0 Å². The molecule has 0 radical (unpaired) electrons. The number of carbonyl (C=O) groups is 2. The van der Waals surface area contributed by atoms with Gasteiger partial charge in [0, 0.05) is 29.4 Å². The standard InChI is InChI=1S/C21H23ClN2O2/c1-3-14-6-5-7-15(4-2)20(14)23-21(26)16-12-19(25)24(13-16)18-10-8-17(22)9-11-18/h5-11,16H,3-4,12-13H2,1-2H3,(H,23,26)/t16-/m1/s1. The number of hydrogen-bond acceptors (Lipinski definition) is 2. The molecule has 0 spiro atoms. The average molecular weight is 371 g/mol. The quantitative estimate of drug-likeness (QED) is 0.844. The summed E-state index contributed by atoms with van der Waals surface area (Å²) in [5.74, 6) is -0.481. The van der Waals surface area contributed by atoms with Crippen LogP contribution in [-0.4, -0.2) is 18.4 Å². The molecule has 1 atom stereocenters. The maximum atomic E-state index is 12.8. The van der Waals surface area contributed by atoms with E-state index in [9.17, 15) is 9.59 Å². The summed E-state index contributed by atoms with van der Waals surface area (Å²) in [6.45, 7) is 4.54. The Balaban J connectivity index is 1.76. The van der Waals surface area contributed by atoms with E-state index in [-0.39, 0.29) is 24.2 Å². The molecular weight excluding hydrogens is 348 g/mol. The molecule has 1 aliphatic heterocycles. The Labute approximate surface area is 159 Å². The maximum absolute atomic E-state index is 12.8. The van der Waals surface area contributed by atoms with Gasteiger partial charge in [-0.1, -0.05) is 43.6 Å². The lowest BCUT2D eigenvalue weighted by Crippen LogP contribution is -2.28. The van der Waals surface area contributed by atoms with Crippen molar-refractivity contribution in [2.24, 2.45) is 5.92 Å². The molecule has 26 heavy (non-hydrogen) atoms. The fourth-order valence-electron chi connectivity index (χ4n) is 3.38. The zero-order valence-corrected chi connectivity index (χ0v) is 15.8. The molecule has 1 heterocycles. The molecule has 0 saturated carbocycles. The second-order valence-electron chi connectivity index (χ2n) is 6.53. The molecule has 1 fully saturated rings. The lowest BCUT2D eigenvalue weighted by atomic mass is 10.0. The van der Waals surface area contributed by atoms with Crippen LogP contribution in [0.5, 0.6) is 0 Å². The third kappa shape index (κ3) is 3.75. The van der Waals surface area contributed by atoms with E-state index in [0.29, 0.717) is 11.6 Å². The summed E-state index contributed by atoms with van der Waals surface area (Å²) in [6.07, 6.45) is 1.93. The number of anilines is 2. The lowest BCUT2D eigenvalue weighted by Gasteiger charge is -2.18. The molecule has 4 nitrogen and oxygen atoms in total. The summed E-state index contributed by atoms with van der Waals surface area (Å²) in [5.41, 5.74) is 3.92. The van der Waals surface area contributed by atoms with E-state index < -0.39 is 0 Å². The summed E-state index contributed by atoms with van der Waals surface area (Å²) < 4.78 is 0. The highest BCUT2D eigenvalue weighted by Gasteiger charge is 2.35. The van der Waals surface area contributed by atoms with Gasteiger partial charge >= 0.3 is 0 Å². The van der Waals surface area contributed by atoms with Gasteiger partial charge in [0.15, 0.2) is 0 Å². The fourth-order valence-corrected chi connectivity index (χ4v) is 3.51. The van der Waals surface area contributed by atoms with Crippen molar-refractivity contribution in [2.75, 3.05) is 16.8 Å². The minimum atomic E-state index is -0.354. The molecule has 3 rings (SSSR count). The summed E-state index contributed by atoms with van der Waals surface area (Å²) in [4.78, 5) is 26.9. The highest BCUT2D eigenvalue weighted by Crippen LogP contribution is 2.29. The van der Waals surface area contributed by atoms with Crippen LogP contribution < -0.4 is 10.2 Å². The first-order chi connectivity index (χ1) is 12.5. The molecule has 0 aliphatic carbocycles. The Hall–Kier alpha value is -2.33. The Morgan fingerprint density at radius 3 is 2.31 bits per heavy atom. The molecule has 2 amide bonds. The molecular formula is C21H23ClN2O2. The number of nitrogens with zero attached hydrogens (tertiary/aromatic N) is 1. The van der Waals surface area contributed by atoms with Gasteiger partial charge in [0.1, 0.15) is 0 Å². The highest BCUT2D eigenvalue weighted by atomic mass is 35.5. The van der Waals surface area contributed by atoms with Crippen molar-refractivity contribution in [3.63, 3.8) is 0 Å². The van der Waals surface area contributed by atoms with E-state index in [1.165, 1.54) is 0 Å². The monoisotopic (exact) mass is 370 g/mol. The predicted octanol–water partition coefficient (Wildman–Crippen LogP) is 4.46. The second kappa shape index (κ2) is 7.92. The van der Waals surface area contributed by atoms with Gasteiger partial charge in [0.25, 0.3) is 0 Å². The number of amides is 2. The third-order valence-electron chi connectivity index (χ3n) is 4.88. The van der Waals surface area contributed by atoms with Crippen LogP contribution in [0.3, 0.4) is 0 Å². The molecule has 0 unspecified atom stereocenters. The van der Waals surface area contributed by atoms with E-state index in [4.69, 9.17) is 11.6 Å². The second-order valence-corrected chi connectivity index (χ2v) is 6.97. The molecule has 0 bridgehead atoms. The number of benzene rings is 2. The van der Waals surface area contributed by atoms with Gasteiger partial charge in [-0.2, -0.15) is 0 Å². The fraction of sp³-hybridized carbons (Fsp3) is 0.333. The average Bonchev–Trinajstić information content (AvgIpc) is 3.04. The zero-order valence-electron chi connectivity index (χ0n) is 15.1. The van der Waals surface area contributed by atoms with Crippen molar-refractivity contribution >= 4 is 34.8 Å². The Bertz CT molecular complexity index is 795. The SMILES string of the molecule is CCc1cccc(CC)c1NC(=O)[C@@H]1CC(=O)N(c2ccc(Cl)cc2)C1. The van der Waals surface area contributed by atoms with Gasteiger partial charge in [-0.3, -0.25) is 9.59 Å². The lowest BCUT2D eigenvalue weighted by molar-refractivity contribution is -0.122. The normalized spacial score (nSPS) is 16.8. The van der Waals surface area contributed by atoms with Crippen molar-refractivity contribution in [2.45, 2.75) is 33.1 Å². The maximum Gasteiger partial charge on any atom is 0.229 e. The summed E-state index contributed by atoms with van der Waals surface area (Å²) in [6, 6.07) is 13.2. The van der Waals surface area contributed by atoms with Gasteiger partial charge in [-0.05, 0) is 48.2 Å².